The first kappa shape index (κ1) is 15.2. The van der Waals surface area contributed by atoms with Crippen LogP contribution in [0.5, 0.6) is 0 Å². The molecule has 2 heterocycles. The summed E-state index contributed by atoms with van der Waals surface area (Å²) in [6.45, 7) is 9.54. The molecule has 0 aromatic carbocycles. The monoisotopic (exact) mass is 290 g/mol. The maximum absolute atomic E-state index is 5.42. The molecule has 2 aromatic rings. The van der Waals surface area contributed by atoms with Crippen molar-refractivity contribution in [3.05, 3.63) is 18.7 Å². The van der Waals surface area contributed by atoms with Crippen LogP contribution in [0.2, 0.25) is 0 Å². The van der Waals surface area contributed by atoms with Crippen molar-refractivity contribution in [2.75, 3.05) is 17.3 Å². The number of imidazole rings is 1. The summed E-state index contributed by atoms with van der Waals surface area (Å²) in [7, 11) is 0. The van der Waals surface area contributed by atoms with E-state index in [0.717, 1.165) is 6.54 Å². The van der Waals surface area contributed by atoms with Crippen molar-refractivity contribution in [3.63, 3.8) is 0 Å². The number of nitrogen functional groups attached to an aromatic ring is 1. The van der Waals surface area contributed by atoms with Crippen molar-refractivity contribution in [2.24, 2.45) is 17.2 Å². The van der Waals surface area contributed by atoms with Crippen molar-refractivity contribution >= 4 is 11.9 Å². The summed E-state index contributed by atoms with van der Waals surface area (Å²) in [5.74, 6) is 7.19. The van der Waals surface area contributed by atoms with Gasteiger partial charge in [-0.2, -0.15) is 15.0 Å². The normalized spacial score (nSPS) is 11.7. The Balaban J connectivity index is 2.22. The van der Waals surface area contributed by atoms with Crippen LogP contribution in [-0.4, -0.2) is 31.0 Å². The summed E-state index contributed by atoms with van der Waals surface area (Å²) in [4.78, 5) is 16.8. The average molecular weight is 290 g/mol. The van der Waals surface area contributed by atoms with Gasteiger partial charge in [-0.25, -0.2) is 10.8 Å². The van der Waals surface area contributed by atoms with E-state index in [9.17, 15) is 0 Å². The van der Waals surface area contributed by atoms with Crippen LogP contribution in [0.4, 0.5) is 11.9 Å². The lowest BCUT2D eigenvalue weighted by Crippen LogP contribution is -2.29. The molecule has 0 bridgehead atoms. The van der Waals surface area contributed by atoms with Gasteiger partial charge in [-0.1, -0.05) is 27.7 Å². The Kier molecular flexibility index (Phi) is 4.37. The zero-order valence-corrected chi connectivity index (χ0v) is 12.8. The summed E-state index contributed by atoms with van der Waals surface area (Å²) in [5.41, 5.74) is 2.58. The van der Waals surface area contributed by atoms with Gasteiger partial charge < -0.3 is 5.32 Å². The van der Waals surface area contributed by atoms with E-state index in [0.29, 0.717) is 23.8 Å². The summed E-state index contributed by atoms with van der Waals surface area (Å²) < 4.78 is 1.70. The van der Waals surface area contributed by atoms with E-state index < -0.39 is 0 Å². The molecular weight excluding hydrogens is 268 g/mol. The third kappa shape index (κ3) is 3.66. The number of aromatic nitrogens is 5. The Bertz CT molecular complexity index is 576. The molecule has 8 nitrogen and oxygen atoms in total. The summed E-state index contributed by atoms with van der Waals surface area (Å²) in [6, 6.07) is 0. The van der Waals surface area contributed by atoms with Crippen LogP contribution in [0.3, 0.4) is 0 Å². The van der Waals surface area contributed by atoms with Crippen LogP contribution in [0.15, 0.2) is 18.7 Å². The highest BCUT2D eigenvalue weighted by Gasteiger charge is 2.22. The number of hydrogen-bond acceptors (Lipinski definition) is 7. The van der Waals surface area contributed by atoms with Crippen molar-refractivity contribution in [1.29, 1.82) is 0 Å². The Labute approximate surface area is 124 Å². The zero-order valence-electron chi connectivity index (χ0n) is 12.8. The molecule has 0 fully saturated rings. The van der Waals surface area contributed by atoms with Gasteiger partial charge in [-0.15, -0.1) is 0 Å². The maximum atomic E-state index is 5.42. The van der Waals surface area contributed by atoms with Crippen LogP contribution >= 0.6 is 0 Å². The van der Waals surface area contributed by atoms with Gasteiger partial charge in [0.25, 0.3) is 0 Å². The minimum atomic E-state index is 0.123. The molecule has 114 valence electrons. The van der Waals surface area contributed by atoms with E-state index in [2.05, 4.69) is 58.4 Å². The summed E-state index contributed by atoms with van der Waals surface area (Å²) in [5, 5.41) is 3.25. The SMILES string of the molecule is CC(C)C(C)(C)CNc1nc(NN)nc(-n2ccnc2)n1. The molecule has 0 amide bonds. The summed E-state index contributed by atoms with van der Waals surface area (Å²) >= 11 is 0. The lowest BCUT2D eigenvalue weighted by molar-refractivity contribution is 0.269. The number of nitrogens with two attached hydrogens (primary N) is 1. The molecule has 0 spiro atoms. The first-order valence-electron chi connectivity index (χ1n) is 6.87. The Hall–Kier alpha value is -2.22. The van der Waals surface area contributed by atoms with Crippen LogP contribution in [0, 0.1) is 11.3 Å². The quantitative estimate of drug-likeness (QED) is 0.546. The van der Waals surface area contributed by atoms with Crippen molar-refractivity contribution in [2.45, 2.75) is 27.7 Å². The largest absolute Gasteiger partial charge is 0.353 e. The fourth-order valence-electron chi connectivity index (χ4n) is 1.51. The third-order valence-electron chi connectivity index (χ3n) is 3.75. The van der Waals surface area contributed by atoms with Gasteiger partial charge in [0.1, 0.15) is 6.33 Å². The number of nitrogens with zero attached hydrogens (tertiary/aromatic N) is 5. The lowest BCUT2D eigenvalue weighted by Gasteiger charge is -2.29. The molecule has 0 unspecified atom stereocenters. The number of hydrogen-bond donors (Lipinski definition) is 3. The first-order chi connectivity index (χ1) is 9.92. The van der Waals surface area contributed by atoms with Crippen molar-refractivity contribution < 1.29 is 0 Å². The van der Waals surface area contributed by atoms with E-state index in [4.69, 9.17) is 5.84 Å². The molecule has 2 rings (SSSR count). The second-order valence-corrected chi connectivity index (χ2v) is 5.89. The molecule has 0 saturated heterocycles. The Morgan fingerprint density at radius 2 is 1.95 bits per heavy atom. The minimum absolute atomic E-state index is 0.123. The Morgan fingerprint density at radius 1 is 1.24 bits per heavy atom. The third-order valence-corrected chi connectivity index (χ3v) is 3.75. The molecule has 0 aliphatic carbocycles. The van der Waals surface area contributed by atoms with Gasteiger partial charge in [-0.3, -0.25) is 9.99 Å². The molecule has 0 radical (unpaired) electrons. The van der Waals surface area contributed by atoms with Crippen molar-refractivity contribution in [1.82, 2.24) is 24.5 Å². The minimum Gasteiger partial charge on any atom is -0.353 e. The van der Waals surface area contributed by atoms with Gasteiger partial charge in [0, 0.05) is 18.9 Å². The second-order valence-electron chi connectivity index (χ2n) is 5.89. The first-order valence-corrected chi connectivity index (χ1v) is 6.87. The maximum Gasteiger partial charge on any atom is 0.243 e. The topological polar surface area (TPSA) is 107 Å². The molecule has 4 N–H and O–H groups in total. The highest BCUT2D eigenvalue weighted by Crippen LogP contribution is 2.26. The van der Waals surface area contributed by atoms with E-state index in [1.165, 1.54) is 0 Å². The highest BCUT2D eigenvalue weighted by atomic mass is 15.4. The predicted octanol–water partition coefficient (Wildman–Crippen LogP) is 1.44. The number of hydrazine groups is 1. The second kappa shape index (κ2) is 6.04. The smallest absolute Gasteiger partial charge is 0.243 e. The number of rotatable bonds is 6. The molecule has 0 aliphatic rings. The standard InChI is InChI=1S/C13H22N8/c1-9(2)13(3,4)7-16-10-17-11(20-14)19-12(18-10)21-6-5-15-8-21/h5-6,8-9H,7,14H2,1-4H3,(H2,16,17,18,19,20). The summed E-state index contributed by atoms with van der Waals surface area (Å²) in [6.07, 6.45) is 5.04. The van der Waals surface area contributed by atoms with Gasteiger partial charge in [0.2, 0.25) is 17.8 Å². The number of nitrogens with one attached hydrogen (secondary N) is 2. The van der Waals surface area contributed by atoms with Gasteiger partial charge in [-0.05, 0) is 11.3 Å². The van der Waals surface area contributed by atoms with E-state index in [1.54, 1.807) is 23.3 Å². The molecule has 0 aliphatic heterocycles. The predicted molar refractivity (Wildman–Crippen MR) is 81.9 cm³/mol. The average Bonchev–Trinajstić information content (AvgIpc) is 2.99. The molecule has 0 saturated carbocycles. The van der Waals surface area contributed by atoms with Gasteiger partial charge in [0.05, 0.1) is 0 Å². The molecule has 2 aromatic heterocycles. The van der Waals surface area contributed by atoms with Crippen molar-refractivity contribution in [3.8, 4) is 5.95 Å². The lowest BCUT2D eigenvalue weighted by atomic mass is 9.81. The Morgan fingerprint density at radius 3 is 2.52 bits per heavy atom. The van der Waals surface area contributed by atoms with Crippen LogP contribution in [0.1, 0.15) is 27.7 Å². The van der Waals surface area contributed by atoms with E-state index >= 15 is 0 Å². The van der Waals surface area contributed by atoms with Crippen LogP contribution in [-0.2, 0) is 0 Å². The van der Waals surface area contributed by atoms with Crippen LogP contribution in [0.25, 0.3) is 5.95 Å². The molecule has 8 heteroatoms. The van der Waals surface area contributed by atoms with E-state index in [-0.39, 0.29) is 5.41 Å². The molecule has 0 atom stereocenters. The molecular formula is C13H22N8. The molecule has 21 heavy (non-hydrogen) atoms. The van der Waals surface area contributed by atoms with E-state index in [1.807, 2.05) is 0 Å². The fraction of sp³-hybridized carbons (Fsp3) is 0.538. The van der Waals surface area contributed by atoms with Gasteiger partial charge in [0.15, 0.2) is 0 Å². The zero-order chi connectivity index (χ0) is 15.5. The number of anilines is 2. The van der Waals surface area contributed by atoms with Crippen LogP contribution < -0.4 is 16.6 Å². The van der Waals surface area contributed by atoms with Gasteiger partial charge >= 0.3 is 0 Å². The highest BCUT2D eigenvalue weighted by molar-refractivity contribution is 5.37. The fourth-order valence-corrected chi connectivity index (χ4v) is 1.51.